The number of carbonyl (C=O) groups is 3. The van der Waals surface area contributed by atoms with Crippen LogP contribution in [-0.2, 0) is 16.1 Å². The van der Waals surface area contributed by atoms with E-state index in [1.165, 1.54) is 0 Å². The number of fused-ring (bicyclic) bond motifs is 1. The van der Waals surface area contributed by atoms with E-state index in [-0.39, 0.29) is 18.0 Å². The Hall–Kier alpha value is -2.58. The van der Waals surface area contributed by atoms with Crippen molar-refractivity contribution in [2.75, 3.05) is 13.1 Å². The van der Waals surface area contributed by atoms with Gasteiger partial charge < -0.3 is 19.9 Å². The number of alkyl carbamates (subject to hydrolysis) is 1. The summed E-state index contributed by atoms with van der Waals surface area (Å²) in [5.74, 6) is 0.694. The van der Waals surface area contributed by atoms with Crippen molar-refractivity contribution < 1.29 is 19.1 Å². The van der Waals surface area contributed by atoms with E-state index in [0.29, 0.717) is 38.3 Å². The van der Waals surface area contributed by atoms with E-state index < -0.39 is 17.2 Å². The van der Waals surface area contributed by atoms with Gasteiger partial charge >= 0.3 is 12.1 Å². The smallest absolute Gasteiger partial charge is 0.408 e. The SMILES string of the molecule is Cc1ncc2n1C(=O)N(C1CCN(C(=O)C3(NC(=O)OC(C)(C)C)CCCC3)CC1)C2. The fourth-order valence-electron chi connectivity index (χ4n) is 5.07. The minimum atomic E-state index is -0.875. The van der Waals surface area contributed by atoms with Crippen LogP contribution in [0.2, 0.25) is 0 Å². The molecule has 0 unspecified atom stereocenters. The van der Waals surface area contributed by atoms with Crippen molar-refractivity contribution >= 4 is 18.0 Å². The highest BCUT2D eigenvalue weighted by molar-refractivity contribution is 5.90. The number of carbonyl (C=O) groups excluding carboxylic acids is 3. The molecular formula is C22H33N5O4. The first-order chi connectivity index (χ1) is 14.6. The molecule has 3 aliphatic rings. The number of aromatic nitrogens is 2. The fourth-order valence-corrected chi connectivity index (χ4v) is 5.07. The zero-order valence-corrected chi connectivity index (χ0v) is 18.9. The Bertz CT molecular complexity index is 873. The van der Waals surface area contributed by atoms with Crippen LogP contribution in [0.1, 0.15) is 70.8 Å². The summed E-state index contributed by atoms with van der Waals surface area (Å²) in [5.41, 5.74) is -0.562. The third-order valence-electron chi connectivity index (χ3n) is 6.58. The Labute approximate surface area is 183 Å². The number of piperidine rings is 1. The third kappa shape index (κ3) is 4.14. The Balaban J connectivity index is 1.38. The van der Waals surface area contributed by atoms with Crippen LogP contribution >= 0.6 is 0 Å². The van der Waals surface area contributed by atoms with Crippen LogP contribution in [0.25, 0.3) is 0 Å². The second-order valence-electron chi connectivity index (χ2n) is 9.98. The van der Waals surface area contributed by atoms with Gasteiger partial charge in [-0.25, -0.2) is 14.6 Å². The number of rotatable bonds is 3. The van der Waals surface area contributed by atoms with E-state index in [2.05, 4.69) is 10.3 Å². The highest BCUT2D eigenvalue weighted by Gasteiger charge is 2.47. The standard InChI is InChI=1S/C22H33N5O4/c1-15-23-13-17-14-26(20(30)27(15)17)16-7-11-25(12-8-16)18(28)22(9-5-6-10-22)24-19(29)31-21(2,3)4/h13,16H,5-12,14H2,1-4H3,(H,24,29). The predicted octanol–water partition coefficient (Wildman–Crippen LogP) is 2.80. The molecule has 3 heterocycles. The Morgan fingerprint density at radius 2 is 1.84 bits per heavy atom. The molecule has 3 amide bonds. The zero-order chi connectivity index (χ0) is 22.4. The summed E-state index contributed by atoms with van der Waals surface area (Å²) in [6.07, 6.45) is 5.78. The number of nitrogens with one attached hydrogen (secondary N) is 1. The number of hydrogen-bond acceptors (Lipinski definition) is 5. The maximum absolute atomic E-state index is 13.5. The van der Waals surface area contributed by atoms with Gasteiger partial charge in [0.1, 0.15) is 17.0 Å². The molecule has 1 aliphatic carbocycles. The molecule has 1 N–H and O–H groups in total. The largest absolute Gasteiger partial charge is 0.444 e. The lowest BCUT2D eigenvalue weighted by Gasteiger charge is -2.40. The van der Waals surface area contributed by atoms with Crippen molar-refractivity contribution in [2.24, 2.45) is 0 Å². The average molecular weight is 432 g/mol. The first kappa shape index (κ1) is 21.6. The molecule has 0 bridgehead atoms. The third-order valence-corrected chi connectivity index (χ3v) is 6.58. The molecule has 1 aromatic rings. The zero-order valence-electron chi connectivity index (χ0n) is 18.9. The minimum absolute atomic E-state index is 0.0198. The van der Waals surface area contributed by atoms with Gasteiger partial charge in [0.25, 0.3) is 0 Å². The average Bonchev–Trinajstić information content (AvgIpc) is 3.39. The van der Waals surface area contributed by atoms with Crippen LogP contribution in [0.4, 0.5) is 9.59 Å². The lowest BCUT2D eigenvalue weighted by atomic mass is 9.93. The molecule has 1 aromatic heterocycles. The van der Waals surface area contributed by atoms with Crippen LogP contribution in [0.15, 0.2) is 6.20 Å². The van der Waals surface area contributed by atoms with Crippen LogP contribution in [0.3, 0.4) is 0 Å². The summed E-state index contributed by atoms with van der Waals surface area (Å²) in [4.78, 5) is 46.7. The topological polar surface area (TPSA) is 96.8 Å². The molecule has 4 rings (SSSR count). The van der Waals surface area contributed by atoms with E-state index in [0.717, 1.165) is 31.4 Å². The molecule has 1 saturated carbocycles. The van der Waals surface area contributed by atoms with Crippen molar-refractivity contribution in [2.45, 2.75) is 89.9 Å². The van der Waals surface area contributed by atoms with Gasteiger partial charge in [-0.1, -0.05) is 12.8 Å². The Morgan fingerprint density at radius 3 is 2.42 bits per heavy atom. The van der Waals surface area contributed by atoms with E-state index in [4.69, 9.17) is 4.74 Å². The van der Waals surface area contributed by atoms with E-state index in [1.54, 1.807) is 10.8 Å². The highest BCUT2D eigenvalue weighted by atomic mass is 16.6. The molecule has 0 aromatic carbocycles. The lowest BCUT2D eigenvalue weighted by molar-refractivity contribution is -0.139. The first-order valence-corrected chi connectivity index (χ1v) is 11.2. The Morgan fingerprint density at radius 1 is 1.19 bits per heavy atom. The molecule has 0 radical (unpaired) electrons. The number of imidazole rings is 1. The number of hydrogen-bond donors (Lipinski definition) is 1. The number of ether oxygens (including phenoxy) is 1. The first-order valence-electron chi connectivity index (χ1n) is 11.2. The second kappa shape index (κ2) is 7.84. The maximum atomic E-state index is 13.5. The van der Waals surface area contributed by atoms with Gasteiger partial charge in [0.2, 0.25) is 5.91 Å². The number of aryl methyl sites for hydroxylation is 1. The van der Waals surface area contributed by atoms with Crippen LogP contribution in [0, 0.1) is 6.92 Å². The summed E-state index contributed by atoms with van der Waals surface area (Å²) in [5, 5.41) is 2.91. The maximum Gasteiger partial charge on any atom is 0.408 e. The summed E-state index contributed by atoms with van der Waals surface area (Å²) in [7, 11) is 0. The van der Waals surface area contributed by atoms with Crippen molar-refractivity contribution in [1.29, 1.82) is 0 Å². The van der Waals surface area contributed by atoms with Crippen LogP contribution in [0.5, 0.6) is 0 Å². The number of nitrogens with zero attached hydrogens (tertiary/aromatic N) is 4. The van der Waals surface area contributed by atoms with Gasteiger partial charge in [-0.05, 0) is 53.4 Å². The number of likely N-dealkylation sites (tertiary alicyclic amines) is 1. The minimum Gasteiger partial charge on any atom is -0.444 e. The molecule has 2 fully saturated rings. The second-order valence-corrected chi connectivity index (χ2v) is 9.98. The highest BCUT2D eigenvalue weighted by Crippen LogP contribution is 2.34. The van der Waals surface area contributed by atoms with Crippen molar-refractivity contribution in [3.8, 4) is 0 Å². The fraction of sp³-hybridized carbons (Fsp3) is 0.727. The monoisotopic (exact) mass is 431 g/mol. The van der Waals surface area contributed by atoms with Gasteiger partial charge in [0, 0.05) is 19.1 Å². The van der Waals surface area contributed by atoms with E-state index in [1.807, 2.05) is 37.5 Å². The molecule has 9 heteroatoms. The van der Waals surface area contributed by atoms with Gasteiger partial charge in [0.05, 0.1) is 18.4 Å². The van der Waals surface area contributed by atoms with E-state index in [9.17, 15) is 14.4 Å². The predicted molar refractivity (Wildman–Crippen MR) is 113 cm³/mol. The van der Waals surface area contributed by atoms with E-state index >= 15 is 0 Å². The van der Waals surface area contributed by atoms with Gasteiger partial charge in [-0.15, -0.1) is 0 Å². The molecule has 9 nitrogen and oxygen atoms in total. The Kier molecular flexibility index (Phi) is 5.47. The molecule has 31 heavy (non-hydrogen) atoms. The molecule has 170 valence electrons. The summed E-state index contributed by atoms with van der Waals surface area (Å²) < 4.78 is 7.10. The molecule has 0 atom stereocenters. The molecule has 0 spiro atoms. The molecular weight excluding hydrogens is 398 g/mol. The van der Waals surface area contributed by atoms with Crippen LogP contribution < -0.4 is 5.32 Å². The summed E-state index contributed by atoms with van der Waals surface area (Å²) in [6, 6.07) is 0.0859. The lowest BCUT2D eigenvalue weighted by Crippen LogP contribution is -2.60. The van der Waals surface area contributed by atoms with Gasteiger partial charge in [0.15, 0.2) is 0 Å². The number of amides is 3. The quantitative estimate of drug-likeness (QED) is 0.794. The summed E-state index contributed by atoms with van der Waals surface area (Å²) >= 11 is 0. The molecule has 2 aliphatic heterocycles. The van der Waals surface area contributed by atoms with Gasteiger partial charge in [-0.3, -0.25) is 9.36 Å². The normalized spacial score (nSPS) is 21.4. The van der Waals surface area contributed by atoms with Crippen molar-refractivity contribution in [3.63, 3.8) is 0 Å². The van der Waals surface area contributed by atoms with Crippen molar-refractivity contribution in [1.82, 2.24) is 24.7 Å². The summed E-state index contributed by atoms with van der Waals surface area (Å²) in [6.45, 7) is 9.01. The van der Waals surface area contributed by atoms with Crippen molar-refractivity contribution in [3.05, 3.63) is 17.7 Å². The van der Waals surface area contributed by atoms with Gasteiger partial charge in [-0.2, -0.15) is 0 Å². The van der Waals surface area contributed by atoms with Crippen LogP contribution in [-0.4, -0.2) is 67.7 Å². The molecule has 1 saturated heterocycles.